The summed E-state index contributed by atoms with van der Waals surface area (Å²) in [6, 6.07) is 0. The van der Waals surface area contributed by atoms with Gasteiger partial charge in [0.05, 0.1) is 5.60 Å². The number of hydrogen-bond donors (Lipinski definition) is 0. The summed E-state index contributed by atoms with van der Waals surface area (Å²) in [6.45, 7) is 8.43. The van der Waals surface area contributed by atoms with Crippen LogP contribution < -0.4 is 0 Å². The van der Waals surface area contributed by atoms with E-state index in [9.17, 15) is 0 Å². The minimum absolute atomic E-state index is 0.128. The first-order valence-electron chi connectivity index (χ1n) is 3.76. The first-order chi connectivity index (χ1) is 4.54. The maximum atomic E-state index is 5.14. The highest BCUT2D eigenvalue weighted by Gasteiger charge is 2.25. The van der Waals surface area contributed by atoms with E-state index in [2.05, 4.69) is 27.7 Å². The molecular weight excluding hydrogens is 144 g/mol. The molecule has 0 saturated carbocycles. The summed E-state index contributed by atoms with van der Waals surface area (Å²) in [4.78, 5) is 5.14. The molecule has 0 heterocycles. The average Bonchev–Trinajstić information content (AvgIpc) is 1.86. The predicted octanol–water partition coefficient (Wildman–Crippen LogP) is 1.04. The van der Waals surface area contributed by atoms with Crippen LogP contribution in [0.25, 0.3) is 0 Å². The van der Waals surface area contributed by atoms with Crippen molar-refractivity contribution < 1.29 is 9.46 Å². The van der Waals surface area contributed by atoms with Crippen molar-refractivity contribution in [3.05, 3.63) is 0 Å². The quantitative estimate of drug-likeness (QED) is 0.349. The van der Waals surface area contributed by atoms with E-state index in [4.69, 9.17) is 9.46 Å². The fraction of sp³-hybridized carbons (Fsp3) is 1.00. The van der Waals surface area contributed by atoms with Gasteiger partial charge in [0.15, 0.2) is 10.5 Å². The fourth-order valence-electron chi connectivity index (χ4n) is 0.788. The lowest BCUT2D eigenvalue weighted by atomic mass is 9.91. The van der Waals surface area contributed by atoms with E-state index >= 15 is 0 Å². The van der Waals surface area contributed by atoms with Gasteiger partial charge in [-0.3, -0.25) is 4.58 Å². The Balaban J connectivity index is 3.82. The van der Waals surface area contributed by atoms with Gasteiger partial charge < -0.3 is 0 Å². The van der Waals surface area contributed by atoms with Gasteiger partial charge in [-0.05, 0) is 19.8 Å². The molecule has 0 bridgehead atoms. The van der Waals surface area contributed by atoms with Crippen molar-refractivity contribution in [2.75, 3.05) is 0 Å². The summed E-state index contributed by atoms with van der Waals surface area (Å²) >= 11 is 0. The van der Waals surface area contributed by atoms with E-state index in [1.165, 1.54) is 0 Å². The predicted molar refractivity (Wildman–Crippen MR) is 45.6 cm³/mol. The van der Waals surface area contributed by atoms with Crippen molar-refractivity contribution in [3.63, 3.8) is 0 Å². The first-order valence-corrected chi connectivity index (χ1v) is 4.58. The van der Waals surface area contributed by atoms with Crippen molar-refractivity contribution in [1.29, 1.82) is 0 Å². The summed E-state index contributed by atoms with van der Waals surface area (Å²) in [7, 11) is 0.646. The van der Waals surface area contributed by atoms with Crippen LogP contribution in [0.5, 0.6) is 0 Å². The second-order valence-electron chi connectivity index (χ2n) is 3.16. The minimum atomic E-state index is -0.128. The fourth-order valence-corrected chi connectivity index (χ4v) is 1.22. The molecule has 0 aliphatic carbocycles. The molecule has 0 aromatic rings. The zero-order chi connectivity index (χ0) is 8.20. The minimum Gasteiger partial charge on any atom is -0.298 e. The molecule has 0 aliphatic heterocycles. The Morgan fingerprint density at radius 2 is 2.00 bits per heavy atom. The molecule has 0 aromatic carbocycles. The number of hydrogen-bond acceptors (Lipinski definition) is 2. The summed E-state index contributed by atoms with van der Waals surface area (Å²) in [6.07, 6.45) is 1.12. The van der Waals surface area contributed by atoms with E-state index in [1.807, 2.05) is 0 Å². The van der Waals surface area contributed by atoms with Gasteiger partial charge in [-0.15, -0.1) is 0 Å². The number of rotatable bonds is 4. The second-order valence-corrected chi connectivity index (χ2v) is 3.50. The van der Waals surface area contributed by atoms with Gasteiger partial charge in [0.25, 0.3) is 0 Å². The summed E-state index contributed by atoms with van der Waals surface area (Å²) < 4.78 is 4.77. The third-order valence-corrected chi connectivity index (χ3v) is 2.26. The molecule has 0 radical (unpaired) electrons. The monoisotopic (exact) mass is 162 g/mol. The van der Waals surface area contributed by atoms with Gasteiger partial charge in [0, 0.05) is 0 Å². The molecule has 0 saturated heterocycles. The van der Waals surface area contributed by atoms with Crippen molar-refractivity contribution in [3.8, 4) is 0 Å². The van der Waals surface area contributed by atoms with Crippen LogP contribution in [0.1, 0.15) is 34.1 Å². The Kier molecular flexibility index (Phi) is 4.16. The molecule has 0 fully saturated rings. The lowest BCUT2D eigenvalue weighted by Gasteiger charge is -2.29. The van der Waals surface area contributed by atoms with Crippen LogP contribution in [0.15, 0.2) is 0 Å². The topological polar surface area (TPSA) is 18.5 Å². The Hall–Kier alpha value is 0.137. The SMILES string of the molecule is CCC(C)C(C)(C)OO[SiH3]. The van der Waals surface area contributed by atoms with Crippen molar-refractivity contribution in [2.24, 2.45) is 5.92 Å². The molecule has 0 aliphatic rings. The molecule has 0 rings (SSSR count). The molecule has 1 unspecified atom stereocenters. The van der Waals surface area contributed by atoms with Crippen molar-refractivity contribution in [1.82, 2.24) is 0 Å². The lowest BCUT2D eigenvalue weighted by Crippen LogP contribution is -2.32. The van der Waals surface area contributed by atoms with Crippen LogP contribution in [0.2, 0.25) is 0 Å². The van der Waals surface area contributed by atoms with Gasteiger partial charge in [-0.2, -0.15) is 0 Å². The first kappa shape index (κ1) is 10.1. The Morgan fingerprint density at radius 1 is 1.50 bits per heavy atom. The largest absolute Gasteiger partial charge is 0.298 e. The molecule has 10 heavy (non-hydrogen) atoms. The molecule has 62 valence electrons. The molecule has 2 nitrogen and oxygen atoms in total. The van der Waals surface area contributed by atoms with Crippen LogP contribution >= 0.6 is 0 Å². The Bertz CT molecular complexity index is 93.6. The van der Waals surface area contributed by atoms with Crippen LogP contribution in [0.3, 0.4) is 0 Å². The summed E-state index contributed by atoms with van der Waals surface area (Å²) in [5, 5.41) is 0. The Morgan fingerprint density at radius 3 is 2.30 bits per heavy atom. The highest BCUT2D eigenvalue weighted by atomic mass is 28.2. The smallest absolute Gasteiger partial charge is 0.193 e. The standard InChI is InChI=1S/C7H18O2Si/c1-5-6(2)7(3,4)8-9-10/h6H,5H2,1-4,10H3. The highest BCUT2D eigenvalue weighted by Crippen LogP contribution is 2.23. The van der Waals surface area contributed by atoms with E-state index in [-0.39, 0.29) is 5.60 Å². The van der Waals surface area contributed by atoms with E-state index in [0.29, 0.717) is 16.4 Å². The maximum absolute atomic E-state index is 5.14. The molecule has 0 amide bonds. The van der Waals surface area contributed by atoms with Crippen LogP contribution in [0.4, 0.5) is 0 Å². The lowest BCUT2D eigenvalue weighted by molar-refractivity contribution is -0.293. The van der Waals surface area contributed by atoms with Crippen molar-refractivity contribution >= 4 is 10.5 Å². The van der Waals surface area contributed by atoms with E-state index in [0.717, 1.165) is 6.42 Å². The van der Waals surface area contributed by atoms with Gasteiger partial charge >= 0.3 is 0 Å². The zero-order valence-corrected chi connectivity index (χ0v) is 9.60. The molecule has 0 N–H and O–H groups in total. The average molecular weight is 162 g/mol. The van der Waals surface area contributed by atoms with Crippen LogP contribution in [0, 0.1) is 5.92 Å². The molecular formula is C7H18O2Si. The third-order valence-electron chi connectivity index (χ3n) is 2.10. The van der Waals surface area contributed by atoms with Gasteiger partial charge in [0.1, 0.15) is 0 Å². The normalized spacial score (nSPS) is 15.6. The van der Waals surface area contributed by atoms with E-state index < -0.39 is 0 Å². The van der Waals surface area contributed by atoms with Gasteiger partial charge in [-0.1, -0.05) is 20.3 Å². The van der Waals surface area contributed by atoms with Gasteiger partial charge in [0.2, 0.25) is 0 Å². The molecule has 0 spiro atoms. The maximum Gasteiger partial charge on any atom is 0.193 e. The second kappa shape index (κ2) is 4.11. The zero-order valence-electron chi connectivity index (χ0n) is 7.60. The summed E-state index contributed by atoms with van der Waals surface area (Å²) in [5.41, 5.74) is -0.128. The van der Waals surface area contributed by atoms with Crippen molar-refractivity contribution in [2.45, 2.75) is 39.7 Å². The third kappa shape index (κ3) is 2.81. The van der Waals surface area contributed by atoms with Crippen LogP contribution in [-0.2, 0) is 9.46 Å². The van der Waals surface area contributed by atoms with E-state index in [1.54, 1.807) is 0 Å². The highest BCUT2D eigenvalue weighted by molar-refractivity contribution is 5.97. The Labute approximate surface area is 66.4 Å². The molecule has 3 heteroatoms. The molecule has 1 atom stereocenters. The summed E-state index contributed by atoms with van der Waals surface area (Å²) in [5.74, 6) is 0.543. The van der Waals surface area contributed by atoms with Crippen LogP contribution in [-0.4, -0.2) is 16.1 Å². The van der Waals surface area contributed by atoms with Gasteiger partial charge in [-0.25, -0.2) is 4.89 Å². The molecule has 0 aromatic heterocycles.